The van der Waals surface area contributed by atoms with Crippen molar-refractivity contribution in [2.45, 2.75) is 44.8 Å². The second kappa shape index (κ2) is 8.17. The lowest BCUT2D eigenvalue weighted by Gasteiger charge is -2.28. The van der Waals surface area contributed by atoms with E-state index < -0.39 is 11.5 Å². The zero-order valence-corrected chi connectivity index (χ0v) is 15.3. The van der Waals surface area contributed by atoms with Crippen LogP contribution in [0.1, 0.15) is 31.9 Å². The molecule has 0 saturated heterocycles. The summed E-state index contributed by atoms with van der Waals surface area (Å²) >= 11 is 0. The van der Waals surface area contributed by atoms with E-state index in [4.69, 9.17) is 4.74 Å². The predicted octanol–water partition coefficient (Wildman–Crippen LogP) is 3.08. The molecule has 0 aliphatic carbocycles. The summed E-state index contributed by atoms with van der Waals surface area (Å²) in [5.41, 5.74) is 1.24. The number of amides is 1. The number of methoxy groups -OCH3 is 1. The molecule has 0 saturated carbocycles. The lowest BCUT2D eigenvalue weighted by atomic mass is 9.83. The lowest BCUT2D eigenvalue weighted by molar-refractivity contribution is -0.127. The van der Waals surface area contributed by atoms with Gasteiger partial charge >= 0.3 is 0 Å². The summed E-state index contributed by atoms with van der Waals surface area (Å²) in [5, 5.41) is 13.3. The van der Waals surface area contributed by atoms with Crippen LogP contribution in [0.25, 0.3) is 0 Å². The Hall–Kier alpha value is -2.33. The van der Waals surface area contributed by atoms with Gasteiger partial charge in [0.05, 0.1) is 24.7 Å². The van der Waals surface area contributed by atoms with Crippen molar-refractivity contribution < 1.29 is 14.6 Å². The molecule has 2 aromatic rings. The summed E-state index contributed by atoms with van der Waals surface area (Å²) in [4.78, 5) is 12.7. The first-order valence-electron chi connectivity index (χ1n) is 8.52. The Bertz CT molecular complexity index is 680. The third kappa shape index (κ3) is 4.83. The number of carbonyl (C=O) groups is 1. The van der Waals surface area contributed by atoms with Crippen LogP contribution in [-0.2, 0) is 16.6 Å². The predicted molar refractivity (Wildman–Crippen MR) is 99.8 cm³/mol. The molecule has 0 aromatic heterocycles. The van der Waals surface area contributed by atoms with E-state index in [1.165, 1.54) is 0 Å². The van der Waals surface area contributed by atoms with E-state index in [0.717, 1.165) is 16.9 Å². The molecular formula is C21H27NO3. The SMILES string of the molecule is COc1ccc(C(C)(C)C(=O)NC(C)C(O)Cc2ccccc2)cc1. The van der Waals surface area contributed by atoms with Gasteiger partial charge in [-0.1, -0.05) is 42.5 Å². The molecule has 4 nitrogen and oxygen atoms in total. The average molecular weight is 341 g/mol. The maximum atomic E-state index is 12.7. The van der Waals surface area contributed by atoms with Crippen molar-refractivity contribution in [3.05, 3.63) is 65.7 Å². The minimum atomic E-state index is -0.701. The Morgan fingerprint density at radius 1 is 1.12 bits per heavy atom. The third-order valence-electron chi connectivity index (χ3n) is 4.60. The molecule has 134 valence electrons. The van der Waals surface area contributed by atoms with Crippen LogP contribution in [0.3, 0.4) is 0 Å². The molecule has 0 fully saturated rings. The van der Waals surface area contributed by atoms with Crippen LogP contribution in [0.4, 0.5) is 0 Å². The topological polar surface area (TPSA) is 58.6 Å². The number of aliphatic hydroxyl groups excluding tert-OH is 1. The summed E-state index contributed by atoms with van der Waals surface area (Å²) in [7, 11) is 1.61. The normalized spacial score (nSPS) is 13.8. The Balaban J connectivity index is 2.00. The summed E-state index contributed by atoms with van der Waals surface area (Å²) < 4.78 is 5.16. The molecule has 2 aromatic carbocycles. The number of hydrogen-bond donors (Lipinski definition) is 2. The molecule has 4 heteroatoms. The highest BCUT2D eigenvalue weighted by molar-refractivity contribution is 5.87. The van der Waals surface area contributed by atoms with Gasteiger partial charge in [0, 0.05) is 6.42 Å². The number of benzene rings is 2. The van der Waals surface area contributed by atoms with E-state index in [0.29, 0.717) is 6.42 Å². The minimum absolute atomic E-state index is 0.114. The molecule has 2 unspecified atom stereocenters. The molecular weight excluding hydrogens is 314 g/mol. The molecule has 2 atom stereocenters. The highest BCUT2D eigenvalue weighted by atomic mass is 16.5. The summed E-state index contributed by atoms with van der Waals surface area (Å²) in [6.07, 6.45) is -0.136. The van der Waals surface area contributed by atoms with Crippen LogP contribution in [0, 0.1) is 0 Å². The third-order valence-corrected chi connectivity index (χ3v) is 4.60. The number of aliphatic hydroxyl groups is 1. The van der Waals surface area contributed by atoms with Gasteiger partial charge in [-0.15, -0.1) is 0 Å². The van der Waals surface area contributed by atoms with Gasteiger partial charge in [-0.25, -0.2) is 0 Å². The van der Waals surface area contributed by atoms with Gasteiger partial charge in [-0.05, 0) is 44.0 Å². The van der Waals surface area contributed by atoms with Crippen molar-refractivity contribution >= 4 is 5.91 Å². The Labute approximate surface area is 149 Å². The van der Waals surface area contributed by atoms with Crippen molar-refractivity contribution in [2.24, 2.45) is 0 Å². The van der Waals surface area contributed by atoms with Crippen LogP contribution in [0.15, 0.2) is 54.6 Å². The van der Waals surface area contributed by atoms with Crippen molar-refractivity contribution in [3.8, 4) is 5.75 Å². The van der Waals surface area contributed by atoms with E-state index in [-0.39, 0.29) is 11.9 Å². The van der Waals surface area contributed by atoms with Gasteiger partial charge in [0.25, 0.3) is 0 Å². The van der Waals surface area contributed by atoms with Gasteiger partial charge in [0.2, 0.25) is 5.91 Å². The first-order valence-corrected chi connectivity index (χ1v) is 8.52. The summed E-state index contributed by atoms with van der Waals surface area (Å²) in [6.45, 7) is 5.58. The molecule has 0 radical (unpaired) electrons. The second-order valence-corrected chi connectivity index (χ2v) is 6.87. The fourth-order valence-electron chi connectivity index (χ4n) is 2.65. The fraction of sp³-hybridized carbons (Fsp3) is 0.381. The number of rotatable bonds is 7. The Morgan fingerprint density at radius 2 is 1.72 bits per heavy atom. The first kappa shape index (κ1) is 19.0. The van der Waals surface area contributed by atoms with Crippen molar-refractivity contribution in [2.75, 3.05) is 7.11 Å². The Morgan fingerprint density at radius 3 is 2.28 bits per heavy atom. The number of ether oxygens (including phenoxy) is 1. The van der Waals surface area contributed by atoms with E-state index in [9.17, 15) is 9.90 Å². The van der Waals surface area contributed by atoms with Crippen LogP contribution in [0.5, 0.6) is 5.75 Å². The zero-order chi connectivity index (χ0) is 18.4. The maximum absolute atomic E-state index is 12.7. The van der Waals surface area contributed by atoms with Gasteiger partial charge in [0.1, 0.15) is 5.75 Å². The summed E-state index contributed by atoms with van der Waals surface area (Å²) in [5.74, 6) is 0.642. The molecule has 25 heavy (non-hydrogen) atoms. The zero-order valence-electron chi connectivity index (χ0n) is 15.3. The highest BCUT2D eigenvalue weighted by Crippen LogP contribution is 2.25. The molecule has 2 rings (SSSR count). The lowest BCUT2D eigenvalue weighted by Crippen LogP contribution is -2.48. The molecule has 2 N–H and O–H groups in total. The number of nitrogens with one attached hydrogen (secondary N) is 1. The monoisotopic (exact) mass is 341 g/mol. The molecule has 0 spiro atoms. The standard InChI is InChI=1S/C21H27NO3/c1-15(19(23)14-16-8-6-5-7-9-16)22-20(24)21(2,3)17-10-12-18(25-4)13-11-17/h5-13,15,19,23H,14H2,1-4H3,(H,22,24). The molecule has 1 amide bonds. The van der Waals surface area contributed by atoms with E-state index in [1.807, 2.05) is 75.4 Å². The second-order valence-electron chi connectivity index (χ2n) is 6.87. The first-order chi connectivity index (χ1) is 11.8. The minimum Gasteiger partial charge on any atom is -0.497 e. The fourth-order valence-corrected chi connectivity index (χ4v) is 2.65. The van der Waals surface area contributed by atoms with Crippen molar-refractivity contribution in [1.82, 2.24) is 5.32 Å². The highest BCUT2D eigenvalue weighted by Gasteiger charge is 2.31. The molecule has 0 bridgehead atoms. The van der Waals surface area contributed by atoms with E-state index in [2.05, 4.69) is 5.32 Å². The van der Waals surface area contributed by atoms with Gasteiger partial charge < -0.3 is 15.2 Å². The maximum Gasteiger partial charge on any atom is 0.230 e. The van der Waals surface area contributed by atoms with Gasteiger partial charge in [-0.3, -0.25) is 4.79 Å². The smallest absolute Gasteiger partial charge is 0.230 e. The Kier molecular flexibility index (Phi) is 6.21. The van der Waals surface area contributed by atoms with Crippen LogP contribution < -0.4 is 10.1 Å². The van der Waals surface area contributed by atoms with Crippen molar-refractivity contribution in [1.29, 1.82) is 0 Å². The number of carbonyl (C=O) groups excluding carboxylic acids is 1. The summed E-state index contributed by atoms with van der Waals surface area (Å²) in [6, 6.07) is 16.9. The molecule has 0 aliphatic heterocycles. The van der Waals surface area contributed by atoms with Gasteiger partial charge in [0.15, 0.2) is 0 Å². The van der Waals surface area contributed by atoms with Gasteiger partial charge in [-0.2, -0.15) is 0 Å². The van der Waals surface area contributed by atoms with Crippen LogP contribution in [-0.4, -0.2) is 30.3 Å². The van der Waals surface area contributed by atoms with E-state index >= 15 is 0 Å². The average Bonchev–Trinajstić information content (AvgIpc) is 2.62. The molecule has 0 aliphatic rings. The van der Waals surface area contributed by atoms with Crippen LogP contribution in [0.2, 0.25) is 0 Å². The van der Waals surface area contributed by atoms with Crippen molar-refractivity contribution in [3.63, 3.8) is 0 Å². The largest absolute Gasteiger partial charge is 0.497 e. The quantitative estimate of drug-likeness (QED) is 0.814. The van der Waals surface area contributed by atoms with Crippen LogP contribution >= 0.6 is 0 Å². The molecule has 0 heterocycles. The van der Waals surface area contributed by atoms with E-state index in [1.54, 1.807) is 7.11 Å². The number of hydrogen-bond acceptors (Lipinski definition) is 3.